The van der Waals surface area contributed by atoms with Crippen molar-refractivity contribution in [3.63, 3.8) is 0 Å². The number of carbonyl (C=O) groups excluding carboxylic acids is 1. The molecule has 0 spiro atoms. The van der Waals surface area contributed by atoms with Crippen LogP contribution in [0.15, 0.2) is 60.7 Å². The van der Waals surface area contributed by atoms with E-state index in [2.05, 4.69) is 18.2 Å². The molecule has 3 aromatic rings. The summed E-state index contributed by atoms with van der Waals surface area (Å²) in [7, 11) is 2.89. The molecule has 0 fully saturated rings. The van der Waals surface area contributed by atoms with Gasteiger partial charge in [-0.15, -0.1) is 0 Å². The van der Waals surface area contributed by atoms with Crippen LogP contribution >= 0.6 is 0 Å². The minimum Gasteiger partial charge on any atom is -0.493 e. The van der Waals surface area contributed by atoms with E-state index >= 15 is 0 Å². The monoisotopic (exact) mass is 322 g/mol. The van der Waals surface area contributed by atoms with E-state index in [1.165, 1.54) is 12.5 Å². The molecule has 0 radical (unpaired) electrons. The molecule has 0 heterocycles. The average molecular weight is 322 g/mol. The number of hydrogen-bond acceptors (Lipinski definition) is 4. The quantitative estimate of drug-likeness (QED) is 0.660. The van der Waals surface area contributed by atoms with Crippen LogP contribution in [0.25, 0.3) is 10.8 Å². The predicted octanol–water partition coefficient (Wildman–Crippen LogP) is 4.21. The van der Waals surface area contributed by atoms with Crippen molar-refractivity contribution < 1.29 is 19.0 Å². The highest BCUT2D eigenvalue weighted by Gasteiger charge is 2.12. The van der Waals surface area contributed by atoms with E-state index in [-0.39, 0.29) is 0 Å². The summed E-state index contributed by atoms with van der Waals surface area (Å²) in [6.45, 7) is 0.412. The van der Waals surface area contributed by atoms with Crippen molar-refractivity contribution in [3.05, 3.63) is 71.8 Å². The topological polar surface area (TPSA) is 44.8 Å². The number of ether oxygens (including phenoxy) is 3. The van der Waals surface area contributed by atoms with Gasteiger partial charge in [0.05, 0.1) is 19.8 Å². The normalized spacial score (nSPS) is 10.4. The molecule has 0 amide bonds. The second kappa shape index (κ2) is 7.04. The Hall–Kier alpha value is -3.01. The third-order valence-corrected chi connectivity index (χ3v) is 3.85. The van der Waals surface area contributed by atoms with Gasteiger partial charge in [-0.1, -0.05) is 42.5 Å². The lowest BCUT2D eigenvalue weighted by Crippen LogP contribution is -2.03. The Labute approximate surface area is 140 Å². The molecular weight excluding hydrogens is 304 g/mol. The van der Waals surface area contributed by atoms with Crippen molar-refractivity contribution in [1.82, 2.24) is 0 Å². The Morgan fingerprint density at radius 1 is 0.917 bits per heavy atom. The molecule has 0 bridgehead atoms. The second-order valence-electron chi connectivity index (χ2n) is 5.28. The van der Waals surface area contributed by atoms with Gasteiger partial charge in [0.15, 0.2) is 11.5 Å². The van der Waals surface area contributed by atoms with E-state index in [1.807, 2.05) is 24.3 Å². The van der Waals surface area contributed by atoms with Crippen molar-refractivity contribution in [3.8, 4) is 11.5 Å². The Morgan fingerprint density at radius 3 is 2.50 bits per heavy atom. The molecule has 3 aromatic carbocycles. The SMILES string of the molecule is COC(=O)c1ccc(OCc2cccc3ccccc23)c(OC)c1. The fourth-order valence-electron chi connectivity index (χ4n) is 2.61. The summed E-state index contributed by atoms with van der Waals surface area (Å²) < 4.78 is 16.0. The molecule has 0 atom stereocenters. The van der Waals surface area contributed by atoms with Crippen LogP contribution in [-0.4, -0.2) is 20.2 Å². The fourth-order valence-corrected chi connectivity index (χ4v) is 2.61. The van der Waals surface area contributed by atoms with Crippen molar-refractivity contribution in [2.24, 2.45) is 0 Å². The molecule has 4 heteroatoms. The molecule has 0 unspecified atom stereocenters. The van der Waals surface area contributed by atoms with Crippen LogP contribution in [-0.2, 0) is 11.3 Å². The maximum absolute atomic E-state index is 11.6. The van der Waals surface area contributed by atoms with Crippen LogP contribution in [0, 0.1) is 0 Å². The van der Waals surface area contributed by atoms with Crippen molar-refractivity contribution in [2.45, 2.75) is 6.61 Å². The molecule has 3 rings (SSSR count). The lowest BCUT2D eigenvalue weighted by Gasteiger charge is -2.13. The van der Waals surface area contributed by atoms with E-state index in [1.54, 1.807) is 25.3 Å². The highest BCUT2D eigenvalue weighted by Crippen LogP contribution is 2.30. The number of methoxy groups -OCH3 is 2. The minimum atomic E-state index is -0.408. The maximum atomic E-state index is 11.6. The summed E-state index contributed by atoms with van der Waals surface area (Å²) in [5.41, 5.74) is 1.51. The molecule has 0 aliphatic rings. The van der Waals surface area contributed by atoms with Gasteiger partial charge in [0, 0.05) is 0 Å². The van der Waals surface area contributed by atoms with Crippen LogP contribution in [0.1, 0.15) is 15.9 Å². The van der Waals surface area contributed by atoms with Crippen molar-refractivity contribution in [2.75, 3.05) is 14.2 Å². The Morgan fingerprint density at radius 2 is 1.71 bits per heavy atom. The van der Waals surface area contributed by atoms with E-state index < -0.39 is 5.97 Å². The van der Waals surface area contributed by atoms with Gasteiger partial charge in [-0.2, -0.15) is 0 Å². The first-order chi connectivity index (χ1) is 11.7. The maximum Gasteiger partial charge on any atom is 0.337 e. The molecular formula is C20H18O4. The van der Waals surface area contributed by atoms with E-state index in [4.69, 9.17) is 14.2 Å². The molecule has 0 aliphatic heterocycles. The van der Waals surface area contributed by atoms with Gasteiger partial charge in [-0.25, -0.2) is 4.79 Å². The smallest absolute Gasteiger partial charge is 0.337 e. The van der Waals surface area contributed by atoms with Gasteiger partial charge >= 0.3 is 5.97 Å². The van der Waals surface area contributed by atoms with Crippen molar-refractivity contribution in [1.29, 1.82) is 0 Å². The number of esters is 1. The van der Waals surface area contributed by atoms with Crippen LogP contribution in [0.3, 0.4) is 0 Å². The molecule has 24 heavy (non-hydrogen) atoms. The zero-order chi connectivity index (χ0) is 16.9. The van der Waals surface area contributed by atoms with Crippen LogP contribution in [0.4, 0.5) is 0 Å². The first-order valence-electron chi connectivity index (χ1n) is 7.58. The largest absolute Gasteiger partial charge is 0.493 e. The zero-order valence-corrected chi connectivity index (χ0v) is 13.6. The Bertz CT molecular complexity index is 865. The van der Waals surface area contributed by atoms with E-state index in [0.717, 1.165) is 10.9 Å². The molecule has 4 nitrogen and oxygen atoms in total. The summed E-state index contributed by atoms with van der Waals surface area (Å²) >= 11 is 0. The number of benzene rings is 3. The lowest BCUT2D eigenvalue weighted by atomic mass is 10.1. The standard InChI is InChI=1S/C20H18O4/c1-22-19-12-15(20(21)23-2)10-11-18(19)24-13-16-8-5-7-14-6-3-4-9-17(14)16/h3-12H,13H2,1-2H3. The zero-order valence-electron chi connectivity index (χ0n) is 13.6. The molecule has 0 aliphatic carbocycles. The summed E-state index contributed by atoms with van der Waals surface area (Å²) in [5, 5.41) is 2.33. The van der Waals surface area contributed by atoms with E-state index in [0.29, 0.717) is 23.7 Å². The minimum absolute atomic E-state index is 0.408. The summed E-state index contributed by atoms with van der Waals surface area (Å²) in [5.74, 6) is 0.671. The van der Waals surface area contributed by atoms with Gasteiger partial charge in [0.1, 0.15) is 6.61 Å². The highest BCUT2D eigenvalue weighted by molar-refractivity contribution is 5.90. The molecule has 122 valence electrons. The molecule has 0 saturated carbocycles. The van der Waals surface area contributed by atoms with Gasteiger partial charge < -0.3 is 14.2 Å². The Kier molecular flexibility index (Phi) is 4.66. The highest BCUT2D eigenvalue weighted by atomic mass is 16.5. The van der Waals surface area contributed by atoms with Crippen molar-refractivity contribution >= 4 is 16.7 Å². The summed E-state index contributed by atoms with van der Waals surface area (Å²) in [4.78, 5) is 11.6. The number of hydrogen-bond donors (Lipinski definition) is 0. The average Bonchev–Trinajstić information content (AvgIpc) is 2.65. The first-order valence-corrected chi connectivity index (χ1v) is 7.58. The molecule has 0 saturated heterocycles. The van der Waals surface area contributed by atoms with E-state index in [9.17, 15) is 4.79 Å². The van der Waals surface area contributed by atoms with Crippen LogP contribution in [0.5, 0.6) is 11.5 Å². The first kappa shape index (κ1) is 15.9. The van der Waals surface area contributed by atoms with Gasteiger partial charge in [-0.3, -0.25) is 0 Å². The third-order valence-electron chi connectivity index (χ3n) is 3.85. The van der Waals surface area contributed by atoms with Gasteiger partial charge in [0.25, 0.3) is 0 Å². The van der Waals surface area contributed by atoms with Gasteiger partial charge in [-0.05, 0) is 34.5 Å². The summed E-state index contributed by atoms with van der Waals surface area (Å²) in [6, 6.07) is 19.3. The fraction of sp³-hybridized carbons (Fsp3) is 0.150. The number of rotatable bonds is 5. The number of carbonyl (C=O) groups is 1. The van der Waals surface area contributed by atoms with Crippen LogP contribution < -0.4 is 9.47 Å². The Balaban J connectivity index is 1.84. The second-order valence-corrected chi connectivity index (χ2v) is 5.28. The van der Waals surface area contributed by atoms with Gasteiger partial charge in [0.2, 0.25) is 0 Å². The third kappa shape index (κ3) is 3.18. The lowest BCUT2D eigenvalue weighted by molar-refractivity contribution is 0.0600. The molecule has 0 N–H and O–H groups in total. The van der Waals surface area contributed by atoms with Crippen LogP contribution in [0.2, 0.25) is 0 Å². The predicted molar refractivity (Wildman–Crippen MR) is 92.6 cm³/mol. The molecule has 0 aromatic heterocycles. The summed E-state index contributed by atoms with van der Waals surface area (Å²) in [6.07, 6.45) is 0. The number of fused-ring (bicyclic) bond motifs is 1.